The van der Waals surface area contributed by atoms with Gasteiger partial charge in [-0.2, -0.15) is 0 Å². The molecule has 1 saturated heterocycles. The molecule has 13 heteroatoms. The molecule has 7 rings (SSSR count). The Balaban J connectivity index is 1.30. The van der Waals surface area contributed by atoms with Crippen LogP contribution in [-0.2, 0) is 6.54 Å². The van der Waals surface area contributed by atoms with Crippen LogP contribution in [0.3, 0.4) is 0 Å². The number of likely N-dealkylation sites (N-methyl/N-ethyl adjacent to an activating group) is 1. The first-order valence-electron chi connectivity index (χ1n) is 14.6. The number of anilines is 2. The fourth-order valence-corrected chi connectivity index (χ4v) is 6.43. The van der Waals surface area contributed by atoms with E-state index in [0.717, 1.165) is 30.2 Å². The molecule has 1 fully saturated rings. The largest absolute Gasteiger partial charge is 0.477 e. The number of carboxylic acids is 1. The lowest BCUT2D eigenvalue weighted by atomic mass is 10.1. The predicted octanol–water partition coefficient (Wildman–Crippen LogP) is 5.07. The lowest BCUT2D eigenvalue weighted by Gasteiger charge is -2.43. The summed E-state index contributed by atoms with van der Waals surface area (Å²) in [6.07, 6.45) is 6.37. The quantitative estimate of drug-likeness (QED) is 0.242. The molecule has 0 unspecified atom stereocenters. The molecule has 1 atom stereocenters. The highest BCUT2D eigenvalue weighted by Crippen LogP contribution is 2.41. The van der Waals surface area contributed by atoms with Crippen LogP contribution in [0, 0.1) is 0 Å². The second kappa shape index (κ2) is 11.9. The zero-order valence-corrected chi connectivity index (χ0v) is 26.5. The highest BCUT2D eigenvalue weighted by atomic mass is 35.5. The Morgan fingerprint density at radius 3 is 2.54 bits per heavy atom. The van der Waals surface area contributed by atoms with Crippen molar-refractivity contribution in [1.82, 2.24) is 24.4 Å². The summed E-state index contributed by atoms with van der Waals surface area (Å²) in [4.78, 5) is 45.6. The molecule has 1 aromatic carbocycles. The number of nitrogens with zero attached hydrogens (tertiary/aromatic N) is 7. The fourth-order valence-electron chi connectivity index (χ4n) is 5.98. The summed E-state index contributed by atoms with van der Waals surface area (Å²) < 4.78 is 7.75. The van der Waals surface area contributed by atoms with Crippen LogP contribution in [0.25, 0.3) is 16.6 Å². The topological polar surface area (TPSA) is 117 Å². The first-order chi connectivity index (χ1) is 22.2. The number of pyridine rings is 4. The van der Waals surface area contributed by atoms with Gasteiger partial charge in [-0.1, -0.05) is 29.3 Å². The Morgan fingerprint density at radius 1 is 1.04 bits per heavy atom. The maximum atomic E-state index is 13.4. The van der Waals surface area contributed by atoms with Gasteiger partial charge in [-0.25, -0.2) is 14.8 Å². The van der Waals surface area contributed by atoms with Gasteiger partial charge in [0.2, 0.25) is 11.3 Å². The third kappa shape index (κ3) is 5.30. The van der Waals surface area contributed by atoms with Crippen molar-refractivity contribution in [3.63, 3.8) is 0 Å². The maximum absolute atomic E-state index is 13.4. The normalized spacial score (nSPS) is 16.2. The van der Waals surface area contributed by atoms with Crippen LogP contribution in [0.15, 0.2) is 78.1 Å². The van der Waals surface area contributed by atoms with Gasteiger partial charge in [0.15, 0.2) is 0 Å². The van der Waals surface area contributed by atoms with E-state index in [1.165, 1.54) is 12.3 Å². The number of hydrogen-bond donors (Lipinski definition) is 1. The third-order valence-electron chi connectivity index (χ3n) is 8.60. The zero-order chi connectivity index (χ0) is 32.1. The second-order valence-electron chi connectivity index (χ2n) is 11.6. The smallest absolute Gasteiger partial charge is 0.341 e. The Kier molecular flexibility index (Phi) is 7.75. The molecule has 1 N–H and O–H groups in total. The fraction of sp³-hybridized carbons (Fsp3) is 0.242. The highest BCUT2D eigenvalue weighted by Gasteiger charge is 2.34. The molecule has 0 aliphatic carbocycles. The molecule has 2 aliphatic rings. The number of rotatable bonds is 8. The van der Waals surface area contributed by atoms with E-state index in [2.05, 4.69) is 43.7 Å². The summed E-state index contributed by atoms with van der Waals surface area (Å²) >= 11 is 13.2. The van der Waals surface area contributed by atoms with Crippen molar-refractivity contribution in [2.24, 2.45) is 0 Å². The van der Waals surface area contributed by atoms with Crippen LogP contribution >= 0.6 is 23.2 Å². The molecule has 0 radical (unpaired) electrons. The Bertz CT molecular complexity index is 2030. The summed E-state index contributed by atoms with van der Waals surface area (Å²) in [5.74, 6) is -0.195. The summed E-state index contributed by atoms with van der Waals surface area (Å²) in [6, 6.07) is 14.5. The van der Waals surface area contributed by atoms with Gasteiger partial charge in [-0.15, -0.1) is 0 Å². The second-order valence-corrected chi connectivity index (χ2v) is 12.4. The van der Waals surface area contributed by atoms with Gasteiger partial charge >= 0.3 is 5.97 Å². The molecule has 0 saturated carbocycles. The minimum atomic E-state index is -1.33. The molecule has 46 heavy (non-hydrogen) atoms. The number of ether oxygens (including phenoxy) is 1. The minimum absolute atomic E-state index is 0.177. The van der Waals surface area contributed by atoms with Crippen molar-refractivity contribution in [1.29, 1.82) is 0 Å². The lowest BCUT2D eigenvalue weighted by molar-refractivity contribution is 0.0695. The van der Waals surface area contributed by atoms with Crippen molar-refractivity contribution < 1.29 is 14.6 Å². The number of hydrogen-bond acceptors (Lipinski definition) is 9. The van der Waals surface area contributed by atoms with Gasteiger partial charge in [-0.3, -0.25) is 9.78 Å². The standard InChI is InChI=1S/C33H29Cl2N7O4/c1-39(2)21-15-40(16-21)29-8-7-20(13-38-29)41-17-23(33(44)45)31(43)22-11-25(35)27(12-26(22)41)42-14-19-5-3-9-36-30(19)28(42)18-46-32-24(34)6-4-10-37-32/h3-13,17,21,28H,14-16,18H2,1-2H3,(H,44,45)/t28-/m0/s1. The van der Waals surface area contributed by atoms with Crippen molar-refractivity contribution in [2.45, 2.75) is 18.6 Å². The summed E-state index contributed by atoms with van der Waals surface area (Å²) in [6.45, 7) is 2.40. The molecule has 0 amide bonds. The number of aromatic carboxylic acids is 1. The molecule has 0 bridgehead atoms. The molecular weight excluding hydrogens is 629 g/mol. The zero-order valence-electron chi connectivity index (χ0n) is 25.0. The Morgan fingerprint density at radius 2 is 1.83 bits per heavy atom. The van der Waals surface area contributed by atoms with Crippen LogP contribution in [-0.4, -0.2) is 75.3 Å². The van der Waals surface area contributed by atoms with Crippen LogP contribution in [0.4, 0.5) is 11.5 Å². The summed E-state index contributed by atoms with van der Waals surface area (Å²) in [7, 11) is 4.12. The van der Waals surface area contributed by atoms with Crippen molar-refractivity contribution >= 4 is 51.6 Å². The van der Waals surface area contributed by atoms with E-state index in [4.69, 9.17) is 27.9 Å². The molecular formula is C33H29Cl2N7O4. The number of aromatic nitrogens is 4. The Labute approximate surface area is 274 Å². The van der Waals surface area contributed by atoms with Crippen LogP contribution in [0.2, 0.25) is 10.0 Å². The molecule has 234 valence electrons. The van der Waals surface area contributed by atoms with Crippen molar-refractivity contribution in [3.8, 4) is 11.6 Å². The highest BCUT2D eigenvalue weighted by molar-refractivity contribution is 6.34. The van der Waals surface area contributed by atoms with E-state index in [1.54, 1.807) is 35.3 Å². The number of carbonyl (C=O) groups is 1. The molecule has 11 nitrogen and oxygen atoms in total. The average molecular weight is 659 g/mol. The monoisotopic (exact) mass is 657 g/mol. The molecule has 5 aromatic rings. The first-order valence-corrected chi connectivity index (χ1v) is 15.4. The molecule has 0 spiro atoms. The third-order valence-corrected chi connectivity index (χ3v) is 9.19. The van der Waals surface area contributed by atoms with Crippen LogP contribution in [0.5, 0.6) is 5.88 Å². The van der Waals surface area contributed by atoms with Crippen LogP contribution in [0.1, 0.15) is 27.7 Å². The van der Waals surface area contributed by atoms with Gasteiger partial charge in [0.1, 0.15) is 29.1 Å². The molecule has 4 aromatic heterocycles. The van der Waals surface area contributed by atoms with Gasteiger partial charge in [-0.05, 0) is 62.1 Å². The Hall–Kier alpha value is -4.71. The number of carboxylic acid groups (broad SMARTS) is 1. The number of halogens is 2. The molecule has 6 heterocycles. The number of fused-ring (bicyclic) bond motifs is 2. The SMILES string of the molecule is CN(C)C1CN(c2ccc(-n3cc(C(=O)O)c(=O)c4cc(Cl)c(N5Cc6cccnc6[C@@H]5COc5ncccc5Cl)cc43)cn2)C1. The van der Waals surface area contributed by atoms with Gasteiger partial charge < -0.3 is 29.1 Å². The van der Waals surface area contributed by atoms with Crippen LogP contribution < -0.4 is 20.0 Å². The average Bonchev–Trinajstić information content (AvgIpc) is 3.38. The van der Waals surface area contributed by atoms with Crippen molar-refractivity contribution in [3.05, 3.63) is 110 Å². The van der Waals surface area contributed by atoms with Gasteiger partial charge in [0.05, 0.1) is 33.8 Å². The van der Waals surface area contributed by atoms with E-state index < -0.39 is 11.4 Å². The predicted molar refractivity (Wildman–Crippen MR) is 177 cm³/mol. The minimum Gasteiger partial charge on any atom is -0.477 e. The van der Waals surface area contributed by atoms with Gasteiger partial charge in [0.25, 0.3) is 0 Å². The van der Waals surface area contributed by atoms with Gasteiger partial charge in [0, 0.05) is 49.7 Å². The summed E-state index contributed by atoms with van der Waals surface area (Å²) in [5, 5.41) is 10.8. The lowest BCUT2D eigenvalue weighted by Crippen LogP contribution is -2.57. The van der Waals surface area contributed by atoms with E-state index in [9.17, 15) is 14.7 Å². The van der Waals surface area contributed by atoms with E-state index in [-0.39, 0.29) is 28.6 Å². The summed E-state index contributed by atoms with van der Waals surface area (Å²) in [5.41, 5.74) is 2.55. The van der Waals surface area contributed by atoms with E-state index in [0.29, 0.717) is 40.4 Å². The van der Waals surface area contributed by atoms with Crippen molar-refractivity contribution in [2.75, 3.05) is 43.6 Å². The molecule has 2 aliphatic heterocycles. The van der Waals surface area contributed by atoms with E-state index >= 15 is 0 Å². The first kappa shape index (κ1) is 30.0. The number of benzene rings is 1. The van der Waals surface area contributed by atoms with E-state index in [1.807, 2.05) is 30.3 Å². The maximum Gasteiger partial charge on any atom is 0.341 e.